The standard InChI is InChI=1S/C10H11BrFNO/c11-8-5-9(12)7-10(6-8)14-4-2-1-3-13/h1-2,5-7H,3-4,13H2/b2-1+. The molecule has 0 radical (unpaired) electrons. The van der Waals surface area contributed by atoms with Gasteiger partial charge in [-0.3, -0.25) is 0 Å². The summed E-state index contributed by atoms with van der Waals surface area (Å²) >= 11 is 3.18. The van der Waals surface area contributed by atoms with Crippen LogP contribution in [0.4, 0.5) is 4.39 Å². The van der Waals surface area contributed by atoms with Crippen molar-refractivity contribution >= 4 is 15.9 Å². The second-order valence-corrected chi connectivity index (χ2v) is 3.54. The average Bonchev–Trinajstić information content (AvgIpc) is 2.11. The van der Waals surface area contributed by atoms with Crippen LogP contribution in [-0.2, 0) is 0 Å². The van der Waals surface area contributed by atoms with Crippen molar-refractivity contribution in [2.45, 2.75) is 0 Å². The van der Waals surface area contributed by atoms with Crippen molar-refractivity contribution in [1.29, 1.82) is 0 Å². The van der Waals surface area contributed by atoms with Gasteiger partial charge in [0.15, 0.2) is 0 Å². The molecule has 1 aromatic carbocycles. The first-order valence-corrected chi connectivity index (χ1v) is 4.95. The van der Waals surface area contributed by atoms with Crippen LogP contribution in [0, 0.1) is 5.82 Å². The highest BCUT2D eigenvalue weighted by molar-refractivity contribution is 9.10. The molecule has 1 rings (SSSR count). The van der Waals surface area contributed by atoms with Crippen LogP contribution in [-0.4, -0.2) is 13.2 Å². The van der Waals surface area contributed by atoms with Crippen molar-refractivity contribution < 1.29 is 9.13 Å². The summed E-state index contributed by atoms with van der Waals surface area (Å²) < 4.78 is 18.8. The zero-order valence-electron chi connectivity index (χ0n) is 7.54. The third kappa shape index (κ3) is 3.89. The predicted octanol–water partition coefficient (Wildman–Crippen LogP) is 2.48. The van der Waals surface area contributed by atoms with Crippen molar-refractivity contribution in [2.24, 2.45) is 5.73 Å². The molecule has 0 saturated heterocycles. The van der Waals surface area contributed by atoms with Crippen molar-refractivity contribution in [3.05, 3.63) is 40.6 Å². The van der Waals surface area contributed by atoms with Crippen LogP contribution in [0.15, 0.2) is 34.8 Å². The van der Waals surface area contributed by atoms with Gasteiger partial charge in [-0.1, -0.05) is 28.1 Å². The fourth-order valence-corrected chi connectivity index (χ4v) is 1.36. The Morgan fingerprint density at radius 2 is 2.14 bits per heavy atom. The third-order valence-electron chi connectivity index (χ3n) is 1.49. The highest BCUT2D eigenvalue weighted by Gasteiger charge is 1.98. The monoisotopic (exact) mass is 259 g/mol. The highest BCUT2D eigenvalue weighted by atomic mass is 79.9. The number of hydrogen-bond acceptors (Lipinski definition) is 2. The van der Waals surface area contributed by atoms with Crippen LogP contribution in [0.2, 0.25) is 0 Å². The van der Waals surface area contributed by atoms with Crippen molar-refractivity contribution in [3.63, 3.8) is 0 Å². The number of halogens is 2. The van der Waals surface area contributed by atoms with E-state index in [1.165, 1.54) is 12.1 Å². The van der Waals surface area contributed by atoms with E-state index in [9.17, 15) is 4.39 Å². The van der Waals surface area contributed by atoms with Gasteiger partial charge < -0.3 is 10.5 Å². The summed E-state index contributed by atoms with van der Waals surface area (Å²) in [6.45, 7) is 0.878. The summed E-state index contributed by atoms with van der Waals surface area (Å²) in [6.07, 6.45) is 3.58. The molecule has 4 heteroatoms. The quantitative estimate of drug-likeness (QED) is 0.844. The Morgan fingerprint density at radius 1 is 1.36 bits per heavy atom. The van der Waals surface area contributed by atoms with Crippen molar-refractivity contribution in [1.82, 2.24) is 0 Å². The smallest absolute Gasteiger partial charge is 0.128 e. The van der Waals surface area contributed by atoms with Gasteiger partial charge in [-0.15, -0.1) is 0 Å². The minimum atomic E-state index is -0.322. The van der Waals surface area contributed by atoms with E-state index in [4.69, 9.17) is 10.5 Å². The topological polar surface area (TPSA) is 35.2 Å². The molecule has 0 unspecified atom stereocenters. The van der Waals surface area contributed by atoms with Crippen LogP contribution in [0.1, 0.15) is 0 Å². The van der Waals surface area contributed by atoms with Gasteiger partial charge in [0.2, 0.25) is 0 Å². The molecule has 0 saturated carbocycles. The van der Waals surface area contributed by atoms with E-state index in [-0.39, 0.29) is 5.82 Å². The Hall–Kier alpha value is -0.870. The molecule has 76 valence electrons. The second kappa shape index (κ2) is 5.78. The van der Waals surface area contributed by atoms with Gasteiger partial charge in [-0.2, -0.15) is 0 Å². The third-order valence-corrected chi connectivity index (χ3v) is 1.94. The Bertz CT molecular complexity index is 308. The maximum absolute atomic E-state index is 12.9. The molecular weight excluding hydrogens is 249 g/mol. The van der Waals surface area contributed by atoms with Gasteiger partial charge in [0.1, 0.15) is 18.2 Å². The Labute approximate surface area is 90.7 Å². The first-order chi connectivity index (χ1) is 6.72. The van der Waals surface area contributed by atoms with E-state index in [1.807, 2.05) is 0 Å². The lowest BCUT2D eigenvalue weighted by Crippen LogP contribution is -1.97. The summed E-state index contributed by atoms with van der Waals surface area (Å²) in [5.74, 6) is 0.177. The SMILES string of the molecule is NC/C=C/COc1cc(F)cc(Br)c1. The number of ether oxygens (including phenoxy) is 1. The number of hydrogen-bond donors (Lipinski definition) is 1. The average molecular weight is 260 g/mol. The van der Waals surface area contributed by atoms with Crippen LogP contribution in [0.3, 0.4) is 0 Å². The number of benzene rings is 1. The van der Waals surface area contributed by atoms with E-state index in [0.29, 0.717) is 23.4 Å². The molecule has 2 nitrogen and oxygen atoms in total. The summed E-state index contributed by atoms with van der Waals surface area (Å²) in [5.41, 5.74) is 5.25. The number of nitrogens with two attached hydrogens (primary N) is 1. The van der Waals surface area contributed by atoms with Gasteiger partial charge >= 0.3 is 0 Å². The Kier molecular flexibility index (Phi) is 4.62. The molecule has 0 aromatic heterocycles. The van der Waals surface area contributed by atoms with Crippen LogP contribution < -0.4 is 10.5 Å². The lowest BCUT2D eigenvalue weighted by Gasteiger charge is -2.03. The molecule has 0 amide bonds. The van der Waals surface area contributed by atoms with E-state index < -0.39 is 0 Å². The Morgan fingerprint density at radius 3 is 2.79 bits per heavy atom. The first-order valence-electron chi connectivity index (χ1n) is 4.16. The molecule has 0 heterocycles. The van der Waals surface area contributed by atoms with Crippen molar-refractivity contribution in [3.8, 4) is 5.75 Å². The molecule has 14 heavy (non-hydrogen) atoms. The normalized spacial score (nSPS) is 10.8. The van der Waals surface area contributed by atoms with Gasteiger partial charge in [0.25, 0.3) is 0 Å². The van der Waals surface area contributed by atoms with Gasteiger partial charge in [0.05, 0.1) is 0 Å². The fourth-order valence-electron chi connectivity index (χ4n) is 0.920. The van der Waals surface area contributed by atoms with Crippen LogP contribution in [0.5, 0.6) is 5.75 Å². The van der Waals surface area contributed by atoms with E-state index in [0.717, 1.165) is 0 Å². The van der Waals surface area contributed by atoms with E-state index in [2.05, 4.69) is 15.9 Å². The van der Waals surface area contributed by atoms with Gasteiger partial charge in [0, 0.05) is 17.1 Å². The number of rotatable bonds is 4. The first kappa shape index (κ1) is 11.2. The van der Waals surface area contributed by atoms with E-state index in [1.54, 1.807) is 18.2 Å². The van der Waals surface area contributed by atoms with Crippen molar-refractivity contribution in [2.75, 3.05) is 13.2 Å². The molecule has 0 fully saturated rings. The van der Waals surface area contributed by atoms with Crippen LogP contribution in [0.25, 0.3) is 0 Å². The molecule has 0 bridgehead atoms. The molecular formula is C10H11BrFNO. The molecule has 0 aliphatic rings. The largest absolute Gasteiger partial charge is 0.489 e. The fraction of sp³-hybridized carbons (Fsp3) is 0.200. The lowest BCUT2D eigenvalue weighted by molar-refractivity contribution is 0.360. The lowest BCUT2D eigenvalue weighted by atomic mass is 10.3. The second-order valence-electron chi connectivity index (χ2n) is 2.62. The zero-order valence-corrected chi connectivity index (χ0v) is 9.13. The predicted molar refractivity (Wildman–Crippen MR) is 57.8 cm³/mol. The minimum absolute atomic E-state index is 0.322. The van der Waals surface area contributed by atoms with Gasteiger partial charge in [-0.05, 0) is 12.1 Å². The van der Waals surface area contributed by atoms with Gasteiger partial charge in [-0.25, -0.2) is 4.39 Å². The molecule has 2 N–H and O–H groups in total. The molecule has 0 spiro atoms. The van der Waals surface area contributed by atoms with E-state index >= 15 is 0 Å². The summed E-state index contributed by atoms with van der Waals surface area (Å²) in [4.78, 5) is 0. The maximum Gasteiger partial charge on any atom is 0.128 e. The molecule has 1 aromatic rings. The summed E-state index contributed by atoms with van der Waals surface area (Å²) in [7, 11) is 0. The Balaban J connectivity index is 2.54. The molecule has 0 aliphatic carbocycles. The molecule has 0 aliphatic heterocycles. The zero-order chi connectivity index (χ0) is 10.4. The summed E-state index contributed by atoms with van der Waals surface area (Å²) in [5, 5.41) is 0. The minimum Gasteiger partial charge on any atom is -0.489 e. The van der Waals surface area contributed by atoms with Crippen LogP contribution >= 0.6 is 15.9 Å². The molecule has 0 atom stereocenters. The summed E-state index contributed by atoms with van der Waals surface area (Å²) in [6, 6.07) is 4.42. The maximum atomic E-state index is 12.9. The highest BCUT2D eigenvalue weighted by Crippen LogP contribution is 2.20.